The summed E-state index contributed by atoms with van der Waals surface area (Å²) in [5, 5.41) is 3.59. The summed E-state index contributed by atoms with van der Waals surface area (Å²) in [5.41, 5.74) is 0.577. The van der Waals surface area contributed by atoms with E-state index in [1.807, 2.05) is 0 Å². The zero-order valence-electron chi connectivity index (χ0n) is 10.9. The molecule has 2 rings (SSSR count). The molecular formula is C14H27NO. The van der Waals surface area contributed by atoms with Gasteiger partial charge in [0.05, 0.1) is 0 Å². The van der Waals surface area contributed by atoms with Crippen LogP contribution in [-0.2, 0) is 4.74 Å². The summed E-state index contributed by atoms with van der Waals surface area (Å²) in [6.07, 6.45) is 7.19. The van der Waals surface area contributed by atoms with Crippen LogP contribution in [0.5, 0.6) is 0 Å². The maximum atomic E-state index is 5.58. The molecule has 0 aliphatic heterocycles. The predicted molar refractivity (Wildman–Crippen MR) is 67.5 cm³/mol. The molecule has 2 fully saturated rings. The molecule has 0 heterocycles. The van der Waals surface area contributed by atoms with Gasteiger partial charge in [0, 0.05) is 19.8 Å². The van der Waals surface area contributed by atoms with E-state index in [9.17, 15) is 0 Å². The molecule has 3 atom stereocenters. The summed E-state index contributed by atoms with van der Waals surface area (Å²) in [4.78, 5) is 0. The maximum Gasteiger partial charge on any atom is 0.0471 e. The number of hydrogen-bond acceptors (Lipinski definition) is 2. The molecule has 2 heteroatoms. The lowest BCUT2D eigenvalue weighted by Crippen LogP contribution is -2.39. The van der Waals surface area contributed by atoms with Gasteiger partial charge in [0.15, 0.2) is 0 Å². The summed E-state index contributed by atoms with van der Waals surface area (Å²) in [7, 11) is 0. The van der Waals surface area contributed by atoms with Crippen molar-refractivity contribution in [1.82, 2.24) is 5.32 Å². The lowest BCUT2D eigenvalue weighted by Gasteiger charge is -2.38. The van der Waals surface area contributed by atoms with E-state index in [0.29, 0.717) is 5.41 Å². The van der Waals surface area contributed by atoms with Gasteiger partial charge in [-0.25, -0.2) is 0 Å². The normalized spacial score (nSPS) is 37.1. The van der Waals surface area contributed by atoms with E-state index >= 15 is 0 Å². The van der Waals surface area contributed by atoms with Crippen LogP contribution in [0.2, 0.25) is 0 Å². The first-order chi connectivity index (χ1) is 7.80. The van der Waals surface area contributed by atoms with Gasteiger partial charge in [-0.2, -0.15) is 0 Å². The number of fused-ring (bicyclic) bond motifs is 2. The molecule has 1 N–H and O–H groups in total. The summed E-state index contributed by atoms with van der Waals surface area (Å²) in [6.45, 7) is 8.46. The van der Waals surface area contributed by atoms with Crippen molar-refractivity contribution in [1.29, 1.82) is 0 Å². The van der Waals surface area contributed by atoms with Crippen molar-refractivity contribution >= 4 is 0 Å². The van der Waals surface area contributed by atoms with E-state index in [4.69, 9.17) is 4.74 Å². The van der Waals surface area contributed by atoms with Crippen molar-refractivity contribution in [3.8, 4) is 0 Å². The minimum absolute atomic E-state index is 0.577. The Labute approximate surface area is 100 Å². The molecule has 2 aliphatic rings. The molecule has 0 amide bonds. The monoisotopic (exact) mass is 225 g/mol. The minimum atomic E-state index is 0.577. The number of ether oxygens (including phenoxy) is 1. The van der Waals surface area contributed by atoms with Crippen LogP contribution in [0, 0.1) is 17.3 Å². The van der Waals surface area contributed by atoms with E-state index in [0.717, 1.165) is 31.6 Å². The highest BCUT2D eigenvalue weighted by Crippen LogP contribution is 2.57. The molecule has 0 spiro atoms. The molecule has 0 aromatic carbocycles. The van der Waals surface area contributed by atoms with E-state index in [1.165, 1.54) is 38.6 Å². The van der Waals surface area contributed by atoms with E-state index in [2.05, 4.69) is 19.2 Å². The molecule has 94 valence electrons. The largest absolute Gasteiger partial charge is 0.382 e. The van der Waals surface area contributed by atoms with Gasteiger partial charge in [0.2, 0.25) is 0 Å². The fourth-order valence-electron chi connectivity index (χ4n) is 3.96. The first-order valence-electron chi connectivity index (χ1n) is 7.09. The Kier molecular flexibility index (Phi) is 4.26. The van der Waals surface area contributed by atoms with Crippen LogP contribution in [0.15, 0.2) is 0 Å². The van der Waals surface area contributed by atoms with E-state index in [1.54, 1.807) is 0 Å². The molecule has 3 unspecified atom stereocenters. The van der Waals surface area contributed by atoms with Gasteiger partial charge in [-0.05, 0) is 56.4 Å². The predicted octanol–water partition coefficient (Wildman–Crippen LogP) is 2.83. The van der Waals surface area contributed by atoms with Crippen molar-refractivity contribution in [3.63, 3.8) is 0 Å². The number of rotatable bonds is 7. The summed E-state index contributed by atoms with van der Waals surface area (Å²) in [6, 6.07) is 0. The van der Waals surface area contributed by atoms with Crippen LogP contribution in [0.4, 0.5) is 0 Å². The van der Waals surface area contributed by atoms with Crippen molar-refractivity contribution < 1.29 is 4.74 Å². The van der Waals surface area contributed by atoms with Crippen LogP contribution in [0.1, 0.15) is 46.0 Å². The quantitative estimate of drug-likeness (QED) is 0.673. The Balaban J connectivity index is 1.90. The van der Waals surface area contributed by atoms with Crippen LogP contribution >= 0.6 is 0 Å². The average Bonchev–Trinajstić information content (AvgIpc) is 2.87. The second kappa shape index (κ2) is 5.50. The lowest BCUT2D eigenvalue weighted by molar-refractivity contribution is 0.0687. The van der Waals surface area contributed by atoms with Gasteiger partial charge in [-0.1, -0.05) is 13.3 Å². The molecule has 2 aliphatic carbocycles. The van der Waals surface area contributed by atoms with Crippen LogP contribution in [-0.4, -0.2) is 26.3 Å². The Morgan fingerprint density at radius 2 is 2.19 bits per heavy atom. The topological polar surface area (TPSA) is 21.3 Å². The van der Waals surface area contributed by atoms with E-state index < -0.39 is 0 Å². The van der Waals surface area contributed by atoms with Crippen molar-refractivity contribution in [2.45, 2.75) is 46.0 Å². The van der Waals surface area contributed by atoms with Gasteiger partial charge in [-0.15, -0.1) is 0 Å². The first kappa shape index (κ1) is 12.4. The number of nitrogens with one attached hydrogen (secondary N) is 1. The molecule has 2 saturated carbocycles. The van der Waals surface area contributed by atoms with Gasteiger partial charge in [-0.3, -0.25) is 0 Å². The SMILES string of the molecule is CCNCC1(CCOCC)CC2CCC1C2. The Morgan fingerprint density at radius 1 is 1.31 bits per heavy atom. The average molecular weight is 225 g/mol. The Morgan fingerprint density at radius 3 is 2.75 bits per heavy atom. The molecule has 2 bridgehead atoms. The third kappa shape index (κ3) is 2.43. The molecule has 16 heavy (non-hydrogen) atoms. The standard InChI is InChI=1S/C14H27NO/c1-3-15-11-14(7-8-16-4-2)10-12-5-6-13(14)9-12/h12-13,15H,3-11H2,1-2H3. The highest BCUT2D eigenvalue weighted by atomic mass is 16.5. The molecule has 0 radical (unpaired) electrons. The van der Waals surface area contributed by atoms with Crippen molar-refractivity contribution in [2.24, 2.45) is 17.3 Å². The van der Waals surface area contributed by atoms with Gasteiger partial charge in [0.1, 0.15) is 0 Å². The van der Waals surface area contributed by atoms with Gasteiger partial charge >= 0.3 is 0 Å². The van der Waals surface area contributed by atoms with Crippen molar-refractivity contribution in [2.75, 3.05) is 26.3 Å². The Bertz CT molecular complexity index is 219. The molecule has 0 saturated heterocycles. The van der Waals surface area contributed by atoms with Gasteiger partial charge < -0.3 is 10.1 Å². The van der Waals surface area contributed by atoms with Crippen molar-refractivity contribution in [3.05, 3.63) is 0 Å². The molecule has 2 nitrogen and oxygen atoms in total. The zero-order chi connectivity index (χ0) is 11.4. The fourth-order valence-corrected chi connectivity index (χ4v) is 3.96. The minimum Gasteiger partial charge on any atom is -0.382 e. The summed E-state index contributed by atoms with van der Waals surface area (Å²) >= 11 is 0. The lowest BCUT2D eigenvalue weighted by atomic mass is 9.71. The highest BCUT2D eigenvalue weighted by Gasteiger charge is 2.49. The summed E-state index contributed by atoms with van der Waals surface area (Å²) < 4.78 is 5.58. The van der Waals surface area contributed by atoms with Gasteiger partial charge in [0.25, 0.3) is 0 Å². The zero-order valence-corrected chi connectivity index (χ0v) is 10.9. The highest BCUT2D eigenvalue weighted by molar-refractivity contribution is 5.01. The number of hydrogen-bond donors (Lipinski definition) is 1. The summed E-state index contributed by atoms with van der Waals surface area (Å²) in [5.74, 6) is 2.02. The molecule has 0 aromatic heterocycles. The third-order valence-corrected chi connectivity index (χ3v) is 4.78. The molecular weight excluding hydrogens is 198 g/mol. The molecule has 0 aromatic rings. The van der Waals surface area contributed by atoms with Crippen LogP contribution < -0.4 is 5.32 Å². The first-order valence-corrected chi connectivity index (χ1v) is 7.09. The smallest absolute Gasteiger partial charge is 0.0471 e. The third-order valence-electron chi connectivity index (χ3n) is 4.78. The van der Waals surface area contributed by atoms with E-state index in [-0.39, 0.29) is 0 Å². The maximum absolute atomic E-state index is 5.58. The second-order valence-electron chi connectivity index (χ2n) is 5.67. The van der Waals surface area contributed by atoms with Crippen LogP contribution in [0.3, 0.4) is 0 Å². The fraction of sp³-hybridized carbons (Fsp3) is 1.00. The second-order valence-corrected chi connectivity index (χ2v) is 5.67. The van der Waals surface area contributed by atoms with Crippen LogP contribution in [0.25, 0.3) is 0 Å². The Hall–Kier alpha value is -0.0800.